The molecule has 1 saturated carbocycles. The molecule has 1 rings (SSSR count). The van der Waals surface area contributed by atoms with Crippen molar-refractivity contribution in [2.45, 2.75) is 97.5 Å². The topological polar surface area (TPSA) is 0 Å². The van der Waals surface area contributed by atoms with Crippen molar-refractivity contribution < 1.29 is 0 Å². The van der Waals surface area contributed by atoms with Crippen LogP contribution in [0.1, 0.15) is 81.6 Å². The van der Waals surface area contributed by atoms with Crippen LogP contribution >= 0.6 is 15.8 Å². The van der Waals surface area contributed by atoms with Crippen molar-refractivity contribution >= 4 is 15.8 Å². The molecular formula is C20H42P2. The van der Waals surface area contributed by atoms with E-state index < -0.39 is 0 Å². The quantitative estimate of drug-likeness (QED) is 0.461. The maximum absolute atomic E-state index is 2.64. The van der Waals surface area contributed by atoms with E-state index >= 15 is 0 Å². The van der Waals surface area contributed by atoms with E-state index in [4.69, 9.17) is 0 Å². The fraction of sp³-hybridized carbons (Fsp3) is 1.00. The van der Waals surface area contributed by atoms with Gasteiger partial charge in [0.2, 0.25) is 0 Å². The smallest absolute Gasteiger partial charge is 0.0111 e. The molecule has 4 atom stereocenters. The molecule has 0 aromatic carbocycles. The summed E-state index contributed by atoms with van der Waals surface area (Å²) < 4.78 is 0. The van der Waals surface area contributed by atoms with E-state index in [-0.39, 0.29) is 15.8 Å². The predicted octanol–water partition coefficient (Wildman–Crippen LogP) is 7.60. The molecule has 0 N–H and O–H groups in total. The Balaban J connectivity index is 2.89. The van der Waals surface area contributed by atoms with Gasteiger partial charge < -0.3 is 0 Å². The molecule has 2 heteroatoms. The normalized spacial score (nSPS) is 29.2. The van der Waals surface area contributed by atoms with Crippen LogP contribution in [0.3, 0.4) is 0 Å². The van der Waals surface area contributed by atoms with Gasteiger partial charge in [-0.3, -0.25) is 0 Å². The highest BCUT2D eigenvalue weighted by Gasteiger charge is 2.39. The summed E-state index contributed by atoms with van der Waals surface area (Å²) in [6.45, 7) is 25.0. The molecule has 2 unspecified atom stereocenters. The maximum atomic E-state index is 2.64. The van der Waals surface area contributed by atoms with Crippen molar-refractivity contribution in [2.24, 2.45) is 17.8 Å². The van der Waals surface area contributed by atoms with Crippen LogP contribution in [0.15, 0.2) is 0 Å². The van der Waals surface area contributed by atoms with Crippen molar-refractivity contribution in [3.05, 3.63) is 0 Å². The van der Waals surface area contributed by atoms with E-state index in [1.165, 1.54) is 25.2 Å². The van der Waals surface area contributed by atoms with Crippen LogP contribution < -0.4 is 0 Å². The molecule has 1 fully saturated rings. The summed E-state index contributed by atoms with van der Waals surface area (Å²) in [6, 6.07) is 0. The van der Waals surface area contributed by atoms with Crippen LogP contribution in [-0.2, 0) is 0 Å². The predicted molar refractivity (Wildman–Crippen MR) is 109 cm³/mol. The molecule has 1 aliphatic carbocycles. The molecule has 1 aliphatic rings. The van der Waals surface area contributed by atoms with Gasteiger partial charge in [-0.05, 0) is 59.1 Å². The summed E-state index contributed by atoms with van der Waals surface area (Å²) in [6.07, 6.45) is 4.46. The van der Waals surface area contributed by atoms with Gasteiger partial charge in [0, 0.05) is 0 Å². The van der Waals surface area contributed by atoms with Gasteiger partial charge in [-0.25, -0.2) is 0 Å². The highest BCUT2D eigenvalue weighted by molar-refractivity contribution is 7.76. The molecule has 22 heavy (non-hydrogen) atoms. The SMILES string of the molecule is CC(C)C1CC[C@@H](C)C[C@H]1P(C)CP(C(C)(C)C)C(C)(C)C. The summed E-state index contributed by atoms with van der Waals surface area (Å²) in [5.41, 5.74) is 1.02. The number of hydrogen-bond donors (Lipinski definition) is 0. The van der Waals surface area contributed by atoms with Crippen LogP contribution in [0.2, 0.25) is 0 Å². The third-order valence-corrected chi connectivity index (χ3v) is 13.4. The fourth-order valence-electron chi connectivity index (χ4n) is 4.42. The van der Waals surface area contributed by atoms with E-state index in [9.17, 15) is 0 Å². The molecule has 0 aromatic heterocycles. The van der Waals surface area contributed by atoms with Gasteiger partial charge in [0.05, 0.1) is 0 Å². The summed E-state index contributed by atoms with van der Waals surface area (Å²) in [5, 5.41) is 0.968. The lowest BCUT2D eigenvalue weighted by molar-refractivity contribution is 0.241. The molecule has 0 nitrogen and oxygen atoms in total. The summed E-state index contributed by atoms with van der Waals surface area (Å²) >= 11 is 0. The van der Waals surface area contributed by atoms with E-state index in [2.05, 4.69) is 69.0 Å². The van der Waals surface area contributed by atoms with E-state index in [1.807, 2.05) is 0 Å². The number of rotatable bonds is 4. The maximum Gasteiger partial charge on any atom is -0.0111 e. The van der Waals surface area contributed by atoms with Crippen molar-refractivity contribution in [3.8, 4) is 0 Å². The molecule has 0 heterocycles. The van der Waals surface area contributed by atoms with Crippen LogP contribution in [-0.4, -0.2) is 28.5 Å². The zero-order chi connectivity index (χ0) is 17.3. The standard InChI is InChI=1S/C20H42P2/c1-15(2)17-12-11-16(3)13-18(17)21(10)14-22(19(4,5)6)20(7,8)9/h15-18H,11-14H2,1-10H3/t16-,17?,18-,21?/m1/s1. The third-order valence-electron chi connectivity index (χ3n) is 5.54. The first-order chi connectivity index (χ1) is 9.84. The second-order valence-electron chi connectivity index (χ2n) is 10.1. The van der Waals surface area contributed by atoms with Crippen molar-refractivity contribution in [1.82, 2.24) is 0 Å². The van der Waals surface area contributed by atoms with E-state index in [0.717, 1.165) is 23.4 Å². The first-order valence-corrected chi connectivity index (χ1v) is 12.9. The number of hydrogen-bond acceptors (Lipinski definition) is 0. The average molecular weight is 345 g/mol. The van der Waals surface area contributed by atoms with Gasteiger partial charge in [-0.15, -0.1) is 7.92 Å². The average Bonchev–Trinajstić information content (AvgIpc) is 2.32. The molecule has 0 spiro atoms. The van der Waals surface area contributed by atoms with E-state index in [1.54, 1.807) is 0 Å². The molecule has 0 bridgehead atoms. The van der Waals surface area contributed by atoms with Gasteiger partial charge in [0.15, 0.2) is 0 Å². The largest absolute Gasteiger partial charge is 0.102 e. The lowest BCUT2D eigenvalue weighted by atomic mass is 9.77. The van der Waals surface area contributed by atoms with Crippen LogP contribution in [0.4, 0.5) is 0 Å². The molecule has 0 aromatic rings. The van der Waals surface area contributed by atoms with Crippen LogP contribution in [0.5, 0.6) is 0 Å². The second-order valence-corrected chi connectivity index (χ2v) is 16.9. The summed E-state index contributed by atoms with van der Waals surface area (Å²) in [7, 11) is 0.233. The third kappa shape index (κ3) is 5.74. The van der Waals surface area contributed by atoms with E-state index in [0.29, 0.717) is 10.3 Å². The minimum Gasteiger partial charge on any atom is -0.102 e. The minimum atomic E-state index is 0.0692. The summed E-state index contributed by atoms with van der Waals surface area (Å²) in [4.78, 5) is 0. The Kier molecular flexibility index (Phi) is 7.44. The Labute approximate surface area is 144 Å². The van der Waals surface area contributed by atoms with Gasteiger partial charge in [0.25, 0.3) is 0 Å². The zero-order valence-corrected chi connectivity index (χ0v) is 18.8. The lowest BCUT2D eigenvalue weighted by Crippen LogP contribution is -2.33. The van der Waals surface area contributed by atoms with Crippen molar-refractivity contribution in [3.63, 3.8) is 0 Å². The second kappa shape index (κ2) is 7.83. The highest BCUT2D eigenvalue weighted by atomic mass is 31.2. The first kappa shape index (κ1) is 20.9. The monoisotopic (exact) mass is 344 g/mol. The molecule has 0 radical (unpaired) electrons. The summed E-state index contributed by atoms with van der Waals surface area (Å²) in [5.74, 6) is 4.35. The molecular weight excluding hydrogens is 302 g/mol. The van der Waals surface area contributed by atoms with Crippen LogP contribution in [0, 0.1) is 17.8 Å². The Morgan fingerprint density at radius 3 is 1.86 bits per heavy atom. The first-order valence-electron chi connectivity index (χ1n) is 9.32. The van der Waals surface area contributed by atoms with Gasteiger partial charge in [-0.2, -0.15) is 0 Å². The van der Waals surface area contributed by atoms with Crippen LogP contribution in [0.25, 0.3) is 0 Å². The van der Waals surface area contributed by atoms with Crippen molar-refractivity contribution in [1.29, 1.82) is 0 Å². The van der Waals surface area contributed by atoms with Crippen molar-refractivity contribution in [2.75, 3.05) is 12.6 Å². The van der Waals surface area contributed by atoms with Gasteiger partial charge in [0.1, 0.15) is 0 Å². The Bertz CT molecular complexity index is 321. The fourth-order valence-corrected chi connectivity index (χ4v) is 14.3. The molecule has 0 amide bonds. The van der Waals surface area contributed by atoms with Gasteiger partial charge >= 0.3 is 0 Å². The zero-order valence-electron chi connectivity index (χ0n) is 17.0. The molecule has 132 valence electrons. The highest BCUT2D eigenvalue weighted by Crippen LogP contribution is 2.67. The Morgan fingerprint density at radius 1 is 0.955 bits per heavy atom. The lowest BCUT2D eigenvalue weighted by Gasteiger charge is -2.47. The Hall–Kier alpha value is 0.860. The Morgan fingerprint density at radius 2 is 1.45 bits per heavy atom. The van der Waals surface area contributed by atoms with Gasteiger partial charge in [-0.1, -0.05) is 76.7 Å². The molecule has 0 aliphatic heterocycles. The minimum absolute atomic E-state index is 0.0692. The molecule has 0 saturated heterocycles.